The van der Waals surface area contributed by atoms with Crippen LogP contribution in [0.1, 0.15) is 26.7 Å². The molecule has 0 fully saturated rings. The third kappa shape index (κ3) is 7.53. The van der Waals surface area contributed by atoms with Gasteiger partial charge >= 0.3 is 5.97 Å². The summed E-state index contributed by atoms with van der Waals surface area (Å²) in [6.45, 7) is 8.94. The lowest BCUT2D eigenvalue weighted by Crippen LogP contribution is -2.05. The predicted octanol–water partition coefficient (Wildman–Crippen LogP) is 2.08. The Hall–Kier alpha value is -0.830. The molecule has 0 radical (unpaired) electrons. The minimum Gasteiger partial charge on any atom is -0.478 e. The van der Waals surface area contributed by atoms with Crippen LogP contribution in [0.25, 0.3) is 0 Å². The van der Waals surface area contributed by atoms with Crippen molar-refractivity contribution in [1.29, 1.82) is 0 Å². The Kier molecular flexibility index (Phi) is 6.24. The van der Waals surface area contributed by atoms with Crippen molar-refractivity contribution in [2.45, 2.75) is 26.7 Å². The van der Waals surface area contributed by atoms with Gasteiger partial charge in [0.05, 0.1) is 0 Å². The number of carboxylic acid groups (broad SMARTS) is 1. The zero-order valence-electron chi connectivity index (χ0n) is 8.38. The summed E-state index contributed by atoms with van der Waals surface area (Å²) >= 11 is 0. The van der Waals surface area contributed by atoms with E-state index in [1.807, 2.05) is 0 Å². The zero-order chi connectivity index (χ0) is 10.3. The lowest BCUT2D eigenvalue weighted by atomic mass is 10.2. The molecule has 0 aromatic carbocycles. The van der Waals surface area contributed by atoms with Crippen molar-refractivity contribution in [3.63, 3.8) is 0 Å². The van der Waals surface area contributed by atoms with Gasteiger partial charge in [0.2, 0.25) is 0 Å². The summed E-state index contributed by atoms with van der Waals surface area (Å²) in [5, 5.41) is 8.49. The van der Waals surface area contributed by atoms with Gasteiger partial charge in [-0.2, -0.15) is 0 Å². The molecule has 0 bridgehead atoms. The molecule has 0 aliphatic rings. The first kappa shape index (κ1) is 12.2. The third-order valence-corrected chi connectivity index (χ3v) is 1.52. The zero-order valence-corrected chi connectivity index (χ0v) is 8.38. The van der Waals surface area contributed by atoms with Gasteiger partial charge in [-0.1, -0.05) is 20.4 Å². The second kappa shape index (κ2) is 6.66. The van der Waals surface area contributed by atoms with Crippen molar-refractivity contribution in [2.75, 3.05) is 13.2 Å². The van der Waals surface area contributed by atoms with Gasteiger partial charge in [0.25, 0.3) is 0 Å². The molecule has 76 valence electrons. The minimum atomic E-state index is -0.913. The normalized spacial score (nSPS) is 10.4. The Balaban J connectivity index is 3.26. The Morgan fingerprint density at radius 2 is 2.15 bits per heavy atom. The molecule has 0 rings (SSSR count). The Morgan fingerprint density at radius 1 is 1.54 bits per heavy atom. The van der Waals surface area contributed by atoms with Crippen LogP contribution in [0.15, 0.2) is 12.2 Å². The lowest BCUT2D eigenvalue weighted by Gasteiger charge is -2.06. The Morgan fingerprint density at radius 3 is 2.62 bits per heavy atom. The van der Waals surface area contributed by atoms with Gasteiger partial charge < -0.3 is 9.84 Å². The number of carbonyl (C=O) groups is 1. The lowest BCUT2D eigenvalue weighted by molar-refractivity contribution is -0.132. The van der Waals surface area contributed by atoms with E-state index in [0.717, 1.165) is 13.0 Å². The standard InChI is InChI=1S/C10H18O3/c1-8(2)7-13-6-4-5-9(3)10(11)12/h8H,3-7H2,1-2H3,(H,11,12). The summed E-state index contributed by atoms with van der Waals surface area (Å²) in [4.78, 5) is 10.3. The molecule has 0 unspecified atom stereocenters. The van der Waals surface area contributed by atoms with Crippen molar-refractivity contribution >= 4 is 5.97 Å². The first-order chi connectivity index (χ1) is 6.04. The molecule has 3 nitrogen and oxygen atoms in total. The van der Waals surface area contributed by atoms with Gasteiger partial charge in [-0.05, 0) is 18.8 Å². The fourth-order valence-corrected chi connectivity index (χ4v) is 0.814. The fraction of sp³-hybridized carbons (Fsp3) is 0.700. The summed E-state index contributed by atoms with van der Waals surface area (Å²) in [5.41, 5.74) is 0.258. The van der Waals surface area contributed by atoms with Crippen LogP contribution < -0.4 is 0 Å². The van der Waals surface area contributed by atoms with Crippen molar-refractivity contribution in [2.24, 2.45) is 5.92 Å². The summed E-state index contributed by atoms with van der Waals surface area (Å²) in [5.74, 6) is -0.383. The summed E-state index contributed by atoms with van der Waals surface area (Å²) in [6, 6.07) is 0. The number of carboxylic acids is 1. The monoisotopic (exact) mass is 186 g/mol. The van der Waals surface area contributed by atoms with Crippen LogP contribution in [-0.2, 0) is 9.53 Å². The van der Waals surface area contributed by atoms with E-state index in [2.05, 4.69) is 20.4 Å². The number of hydrogen-bond donors (Lipinski definition) is 1. The quantitative estimate of drug-likeness (QED) is 0.489. The molecule has 0 atom stereocenters. The van der Waals surface area contributed by atoms with Gasteiger partial charge in [0.15, 0.2) is 0 Å². The van der Waals surface area contributed by atoms with Gasteiger partial charge in [0.1, 0.15) is 0 Å². The van der Waals surface area contributed by atoms with Crippen LogP contribution in [0.2, 0.25) is 0 Å². The largest absolute Gasteiger partial charge is 0.478 e. The molecule has 0 saturated heterocycles. The summed E-state index contributed by atoms with van der Waals surface area (Å²) in [6.07, 6.45) is 1.24. The van der Waals surface area contributed by atoms with Crippen LogP contribution in [0.4, 0.5) is 0 Å². The molecule has 1 N–H and O–H groups in total. The number of hydrogen-bond acceptors (Lipinski definition) is 2. The van der Waals surface area contributed by atoms with Crippen LogP contribution >= 0.6 is 0 Å². The Bertz CT molecular complexity index is 173. The van der Waals surface area contributed by atoms with Crippen LogP contribution in [0.5, 0.6) is 0 Å². The van der Waals surface area contributed by atoms with Crippen molar-refractivity contribution in [3.8, 4) is 0 Å². The molecule has 3 heteroatoms. The van der Waals surface area contributed by atoms with E-state index in [9.17, 15) is 4.79 Å². The maximum Gasteiger partial charge on any atom is 0.330 e. The highest BCUT2D eigenvalue weighted by molar-refractivity contribution is 5.85. The molecule has 0 amide bonds. The van der Waals surface area contributed by atoms with Gasteiger partial charge in [0, 0.05) is 18.8 Å². The van der Waals surface area contributed by atoms with E-state index in [4.69, 9.17) is 9.84 Å². The molecule has 0 aromatic heterocycles. The average Bonchev–Trinajstić information content (AvgIpc) is 2.02. The Labute approximate surface area is 79.4 Å². The third-order valence-electron chi connectivity index (χ3n) is 1.52. The topological polar surface area (TPSA) is 46.5 Å². The van der Waals surface area contributed by atoms with E-state index in [1.54, 1.807) is 0 Å². The molecule has 0 aliphatic heterocycles. The number of aliphatic carboxylic acids is 1. The molecular formula is C10H18O3. The minimum absolute atomic E-state index is 0.258. The molecule has 0 spiro atoms. The highest BCUT2D eigenvalue weighted by Gasteiger charge is 2.02. The van der Waals surface area contributed by atoms with Crippen molar-refractivity contribution < 1.29 is 14.6 Å². The second-order valence-corrected chi connectivity index (χ2v) is 3.48. The SMILES string of the molecule is C=C(CCCOCC(C)C)C(=O)O. The van der Waals surface area contributed by atoms with Crippen molar-refractivity contribution in [1.82, 2.24) is 0 Å². The van der Waals surface area contributed by atoms with E-state index in [1.165, 1.54) is 0 Å². The second-order valence-electron chi connectivity index (χ2n) is 3.48. The number of ether oxygens (including phenoxy) is 1. The van der Waals surface area contributed by atoms with Crippen molar-refractivity contribution in [3.05, 3.63) is 12.2 Å². The smallest absolute Gasteiger partial charge is 0.330 e. The summed E-state index contributed by atoms with van der Waals surface area (Å²) < 4.78 is 5.29. The van der Waals surface area contributed by atoms with Gasteiger partial charge in [-0.15, -0.1) is 0 Å². The maximum absolute atomic E-state index is 10.3. The molecule has 0 aliphatic carbocycles. The van der Waals surface area contributed by atoms with E-state index < -0.39 is 5.97 Å². The van der Waals surface area contributed by atoms with Crippen LogP contribution in [-0.4, -0.2) is 24.3 Å². The van der Waals surface area contributed by atoms with Gasteiger partial charge in [-0.3, -0.25) is 0 Å². The van der Waals surface area contributed by atoms with Crippen LogP contribution in [0, 0.1) is 5.92 Å². The molecule has 0 aromatic rings. The van der Waals surface area contributed by atoms with Crippen LogP contribution in [0.3, 0.4) is 0 Å². The molecule has 0 heterocycles. The predicted molar refractivity (Wildman–Crippen MR) is 51.7 cm³/mol. The molecular weight excluding hydrogens is 168 g/mol. The van der Waals surface area contributed by atoms with E-state index in [0.29, 0.717) is 18.9 Å². The first-order valence-corrected chi connectivity index (χ1v) is 4.53. The highest BCUT2D eigenvalue weighted by atomic mass is 16.5. The molecule has 13 heavy (non-hydrogen) atoms. The fourth-order valence-electron chi connectivity index (χ4n) is 0.814. The molecule has 0 saturated carbocycles. The maximum atomic E-state index is 10.3. The summed E-state index contributed by atoms with van der Waals surface area (Å²) in [7, 11) is 0. The average molecular weight is 186 g/mol. The highest BCUT2D eigenvalue weighted by Crippen LogP contribution is 2.03. The van der Waals surface area contributed by atoms with E-state index in [-0.39, 0.29) is 5.57 Å². The first-order valence-electron chi connectivity index (χ1n) is 4.53. The number of rotatable bonds is 7. The van der Waals surface area contributed by atoms with Gasteiger partial charge in [-0.25, -0.2) is 4.79 Å². The van der Waals surface area contributed by atoms with E-state index >= 15 is 0 Å².